The van der Waals surface area contributed by atoms with Crippen molar-refractivity contribution in [3.8, 4) is 0 Å². The molecule has 0 radical (unpaired) electrons. The summed E-state index contributed by atoms with van der Waals surface area (Å²) in [4.78, 5) is 0. The molecule has 1 aromatic heterocycles. The van der Waals surface area contributed by atoms with Gasteiger partial charge in [-0.25, -0.2) is 8.42 Å². The van der Waals surface area contributed by atoms with Crippen LogP contribution in [0.5, 0.6) is 0 Å². The van der Waals surface area contributed by atoms with E-state index in [-0.39, 0.29) is 10.1 Å². The number of anilines is 1. The second-order valence-electron chi connectivity index (χ2n) is 5.16. The molecule has 1 unspecified atom stereocenters. The minimum absolute atomic E-state index is 0.267. The summed E-state index contributed by atoms with van der Waals surface area (Å²) in [5, 5.41) is 0.428. The van der Waals surface area contributed by atoms with Crippen molar-refractivity contribution in [2.75, 3.05) is 10.8 Å². The van der Waals surface area contributed by atoms with Gasteiger partial charge in [-0.15, -0.1) is 11.3 Å². The summed E-state index contributed by atoms with van der Waals surface area (Å²) in [7, 11) is -3.57. The fraction of sp³-hybridized carbons (Fsp3) is 0.286. The van der Waals surface area contributed by atoms with E-state index in [1.165, 1.54) is 10.4 Å². The number of rotatable bonds is 2. The number of hydrogen-bond acceptors (Lipinski definition) is 3. The third kappa shape index (κ3) is 2.74. The highest BCUT2D eigenvalue weighted by molar-refractivity contribution is 9.11. The Labute approximate surface area is 141 Å². The molecule has 0 spiro atoms. The number of hydrogen-bond donors (Lipinski definition) is 0. The van der Waals surface area contributed by atoms with Crippen molar-refractivity contribution in [2.45, 2.75) is 17.6 Å². The van der Waals surface area contributed by atoms with Gasteiger partial charge in [0.15, 0.2) is 0 Å². The summed E-state index contributed by atoms with van der Waals surface area (Å²) in [6.07, 6.45) is 0.900. The molecule has 3 rings (SSSR count). The van der Waals surface area contributed by atoms with E-state index in [0.29, 0.717) is 15.4 Å². The number of fused-ring (bicyclic) bond motifs is 1. The predicted octanol–water partition coefficient (Wildman–Crippen LogP) is 4.55. The summed E-state index contributed by atoms with van der Waals surface area (Å²) >= 11 is 10.4. The first-order valence-corrected chi connectivity index (χ1v) is 9.88. The van der Waals surface area contributed by atoms with Crippen LogP contribution in [0.15, 0.2) is 38.3 Å². The first-order chi connectivity index (χ1) is 9.89. The first-order valence-electron chi connectivity index (χ1n) is 6.45. The zero-order chi connectivity index (χ0) is 15.2. The highest BCUT2D eigenvalue weighted by atomic mass is 79.9. The molecule has 3 nitrogen and oxygen atoms in total. The Morgan fingerprint density at radius 2 is 2.10 bits per heavy atom. The van der Waals surface area contributed by atoms with Crippen LogP contribution < -0.4 is 4.31 Å². The Balaban J connectivity index is 2.11. The van der Waals surface area contributed by atoms with E-state index in [2.05, 4.69) is 22.9 Å². The predicted molar refractivity (Wildman–Crippen MR) is 90.9 cm³/mol. The molecule has 1 atom stereocenters. The van der Waals surface area contributed by atoms with E-state index in [1.54, 1.807) is 0 Å². The topological polar surface area (TPSA) is 37.4 Å². The van der Waals surface area contributed by atoms with Crippen LogP contribution in [0.3, 0.4) is 0 Å². The molecular formula is C14H13BrClNO2S2. The van der Waals surface area contributed by atoms with Gasteiger partial charge in [0.2, 0.25) is 0 Å². The van der Waals surface area contributed by atoms with Crippen LogP contribution in [0.2, 0.25) is 5.02 Å². The van der Waals surface area contributed by atoms with Gasteiger partial charge in [0.1, 0.15) is 4.21 Å². The van der Waals surface area contributed by atoms with E-state index < -0.39 is 10.0 Å². The van der Waals surface area contributed by atoms with Crippen LogP contribution in [0.1, 0.15) is 12.5 Å². The van der Waals surface area contributed by atoms with Crippen LogP contribution in [-0.2, 0) is 16.4 Å². The Bertz CT molecular complexity index is 769. The average molecular weight is 407 g/mol. The smallest absolute Gasteiger partial charge is 0.265 e. The standard InChI is InChI=1S/C14H13BrClNO2S2/c1-9-6-10-4-2-3-5-12(10)17(8-9)21(18,19)13-7-11(16)14(15)20-13/h2-5,7,9H,6,8H2,1H3. The number of thiophene rings is 1. The van der Waals surface area contributed by atoms with E-state index in [9.17, 15) is 8.42 Å². The quantitative estimate of drug-likeness (QED) is 0.733. The average Bonchev–Trinajstić information content (AvgIpc) is 2.78. The highest BCUT2D eigenvalue weighted by Gasteiger charge is 2.33. The molecule has 1 aliphatic heterocycles. The second kappa shape index (κ2) is 5.57. The minimum atomic E-state index is -3.57. The van der Waals surface area contributed by atoms with Gasteiger partial charge < -0.3 is 0 Å². The molecule has 1 aliphatic rings. The lowest BCUT2D eigenvalue weighted by atomic mass is 9.96. The van der Waals surface area contributed by atoms with Gasteiger partial charge in [-0.3, -0.25) is 4.31 Å². The lowest BCUT2D eigenvalue weighted by molar-refractivity contribution is 0.546. The Morgan fingerprint density at radius 1 is 1.38 bits per heavy atom. The summed E-state index contributed by atoms with van der Waals surface area (Å²) in [5.74, 6) is 0.286. The second-order valence-corrected chi connectivity index (χ2v) is 10.0. The van der Waals surface area contributed by atoms with Crippen molar-refractivity contribution in [3.63, 3.8) is 0 Å². The van der Waals surface area contributed by atoms with E-state index in [0.717, 1.165) is 29.0 Å². The van der Waals surface area contributed by atoms with Crippen molar-refractivity contribution in [3.05, 3.63) is 44.7 Å². The van der Waals surface area contributed by atoms with Gasteiger partial charge in [-0.2, -0.15) is 0 Å². The van der Waals surface area contributed by atoms with Crippen LogP contribution in [0.4, 0.5) is 5.69 Å². The molecule has 0 aliphatic carbocycles. The van der Waals surface area contributed by atoms with E-state index >= 15 is 0 Å². The van der Waals surface area contributed by atoms with Crippen molar-refractivity contribution in [1.82, 2.24) is 0 Å². The van der Waals surface area contributed by atoms with Crippen LogP contribution >= 0.6 is 38.9 Å². The summed E-state index contributed by atoms with van der Waals surface area (Å²) < 4.78 is 28.2. The Morgan fingerprint density at radius 3 is 2.76 bits per heavy atom. The molecule has 7 heteroatoms. The fourth-order valence-electron chi connectivity index (χ4n) is 2.54. The van der Waals surface area contributed by atoms with E-state index in [1.807, 2.05) is 24.3 Å². The number of para-hydroxylation sites is 1. The molecule has 0 amide bonds. The molecule has 0 saturated carbocycles. The summed E-state index contributed by atoms with van der Waals surface area (Å²) in [6.45, 7) is 2.56. The first kappa shape index (κ1) is 15.3. The lowest BCUT2D eigenvalue weighted by Gasteiger charge is -2.33. The minimum Gasteiger partial charge on any atom is -0.265 e. The third-order valence-electron chi connectivity index (χ3n) is 3.47. The summed E-state index contributed by atoms with van der Waals surface area (Å²) in [5.41, 5.74) is 1.85. The van der Waals surface area contributed by atoms with Crippen molar-refractivity contribution in [1.29, 1.82) is 0 Å². The zero-order valence-electron chi connectivity index (χ0n) is 11.2. The maximum absolute atomic E-state index is 12.9. The van der Waals surface area contributed by atoms with Gasteiger partial charge in [0.25, 0.3) is 10.0 Å². The highest BCUT2D eigenvalue weighted by Crippen LogP contribution is 2.39. The van der Waals surface area contributed by atoms with Gasteiger partial charge in [0, 0.05) is 6.54 Å². The monoisotopic (exact) mass is 405 g/mol. The molecule has 2 heterocycles. The van der Waals surface area contributed by atoms with Crippen LogP contribution in [0.25, 0.3) is 0 Å². The van der Waals surface area contributed by atoms with Crippen molar-refractivity contribution in [2.24, 2.45) is 5.92 Å². The fourth-order valence-corrected chi connectivity index (χ4v) is 6.67. The van der Waals surface area contributed by atoms with Crippen molar-refractivity contribution < 1.29 is 8.42 Å². The van der Waals surface area contributed by atoms with Gasteiger partial charge in [-0.1, -0.05) is 36.7 Å². The third-order valence-corrected chi connectivity index (χ3v) is 8.18. The number of benzene rings is 1. The van der Waals surface area contributed by atoms with Gasteiger partial charge in [0.05, 0.1) is 14.5 Å². The van der Waals surface area contributed by atoms with Crippen molar-refractivity contribution >= 4 is 54.6 Å². The number of sulfonamides is 1. The Hall–Kier alpha value is -0.560. The van der Waals surface area contributed by atoms with Crippen LogP contribution in [-0.4, -0.2) is 15.0 Å². The van der Waals surface area contributed by atoms with Crippen LogP contribution in [0, 0.1) is 5.92 Å². The lowest BCUT2D eigenvalue weighted by Crippen LogP contribution is -2.38. The molecule has 0 bridgehead atoms. The molecule has 112 valence electrons. The molecule has 21 heavy (non-hydrogen) atoms. The molecule has 0 saturated heterocycles. The van der Waals surface area contributed by atoms with Gasteiger partial charge >= 0.3 is 0 Å². The molecule has 0 fully saturated rings. The maximum atomic E-state index is 12.9. The molecule has 2 aromatic rings. The SMILES string of the molecule is CC1Cc2ccccc2N(S(=O)(=O)c2cc(Cl)c(Br)s2)C1. The van der Waals surface area contributed by atoms with E-state index in [4.69, 9.17) is 11.6 Å². The zero-order valence-corrected chi connectivity index (χ0v) is 15.2. The number of halogens is 2. The number of nitrogens with zero attached hydrogens (tertiary/aromatic N) is 1. The normalized spacial score (nSPS) is 18.6. The molecule has 1 aromatic carbocycles. The Kier molecular flexibility index (Phi) is 4.07. The molecule has 0 N–H and O–H groups in total. The molecular weight excluding hydrogens is 394 g/mol. The summed E-state index contributed by atoms with van der Waals surface area (Å²) in [6, 6.07) is 9.18. The van der Waals surface area contributed by atoms with Gasteiger partial charge in [-0.05, 0) is 46.0 Å². The maximum Gasteiger partial charge on any atom is 0.273 e. The largest absolute Gasteiger partial charge is 0.273 e.